The zero-order chi connectivity index (χ0) is 10.6. The van der Waals surface area contributed by atoms with Crippen LogP contribution < -0.4 is 11.1 Å². The van der Waals surface area contributed by atoms with E-state index in [2.05, 4.69) is 10.3 Å². The maximum Gasteiger partial charge on any atom is 0.270 e. The standard InChI is InChI=1S/C7H9N3O3S/c8-6(12)5(11)1-9-7(13)4-2-14-3-10-4/h2-3,5,11H,1H2,(H2,8,12)(H,9,13). The minimum Gasteiger partial charge on any atom is -0.381 e. The number of aromatic nitrogens is 1. The third kappa shape index (κ3) is 2.79. The number of hydrogen-bond donors (Lipinski definition) is 3. The Kier molecular flexibility index (Phi) is 3.55. The van der Waals surface area contributed by atoms with Crippen LogP contribution in [0.5, 0.6) is 0 Å². The molecule has 0 bridgehead atoms. The van der Waals surface area contributed by atoms with E-state index in [4.69, 9.17) is 10.8 Å². The highest BCUT2D eigenvalue weighted by Crippen LogP contribution is 1.99. The molecule has 0 radical (unpaired) electrons. The Morgan fingerprint density at radius 3 is 2.93 bits per heavy atom. The molecule has 1 atom stereocenters. The number of aliphatic hydroxyl groups excluding tert-OH is 1. The van der Waals surface area contributed by atoms with Crippen molar-refractivity contribution in [2.75, 3.05) is 6.54 Å². The van der Waals surface area contributed by atoms with Gasteiger partial charge in [0.25, 0.3) is 5.91 Å². The average molecular weight is 215 g/mol. The van der Waals surface area contributed by atoms with Crippen molar-refractivity contribution < 1.29 is 14.7 Å². The van der Waals surface area contributed by atoms with Gasteiger partial charge in [-0.25, -0.2) is 4.98 Å². The van der Waals surface area contributed by atoms with Crippen molar-refractivity contribution in [1.82, 2.24) is 10.3 Å². The molecule has 1 heterocycles. The van der Waals surface area contributed by atoms with E-state index in [9.17, 15) is 9.59 Å². The predicted octanol–water partition coefficient (Wildman–Crippen LogP) is -1.28. The molecule has 0 aliphatic rings. The van der Waals surface area contributed by atoms with Crippen LogP contribution in [0.15, 0.2) is 10.9 Å². The Morgan fingerprint density at radius 1 is 1.71 bits per heavy atom. The third-order valence-electron chi connectivity index (χ3n) is 1.45. The average Bonchev–Trinajstić information content (AvgIpc) is 2.66. The van der Waals surface area contributed by atoms with Crippen molar-refractivity contribution in [1.29, 1.82) is 0 Å². The van der Waals surface area contributed by atoms with Crippen LogP contribution >= 0.6 is 11.3 Å². The van der Waals surface area contributed by atoms with Crippen LogP contribution in [0.1, 0.15) is 10.5 Å². The maximum atomic E-state index is 11.2. The summed E-state index contributed by atoms with van der Waals surface area (Å²) in [7, 11) is 0. The van der Waals surface area contributed by atoms with Gasteiger partial charge in [0.15, 0.2) is 0 Å². The number of nitrogens with two attached hydrogens (primary N) is 1. The number of hydrogen-bond acceptors (Lipinski definition) is 5. The molecule has 0 spiro atoms. The number of nitrogens with one attached hydrogen (secondary N) is 1. The number of rotatable bonds is 4. The van der Waals surface area contributed by atoms with Crippen LogP contribution in [0.3, 0.4) is 0 Å². The Labute approximate surface area is 83.8 Å². The van der Waals surface area contributed by atoms with Gasteiger partial charge >= 0.3 is 0 Å². The first kappa shape index (κ1) is 10.6. The van der Waals surface area contributed by atoms with E-state index in [1.165, 1.54) is 16.8 Å². The fourth-order valence-electron chi connectivity index (χ4n) is 0.705. The summed E-state index contributed by atoms with van der Waals surface area (Å²) in [4.78, 5) is 25.4. The summed E-state index contributed by atoms with van der Waals surface area (Å²) >= 11 is 1.28. The number of nitrogens with zero attached hydrogens (tertiary/aromatic N) is 1. The minimum atomic E-state index is -1.36. The van der Waals surface area contributed by atoms with Gasteiger partial charge < -0.3 is 16.2 Å². The first-order valence-corrected chi connectivity index (χ1v) is 4.69. The van der Waals surface area contributed by atoms with Crippen molar-refractivity contribution in [3.05, 3.63) is 16.6 Å². The van der Waals surface area contributed by atoms with Crippen molar-refractivity contribution >= 4 is 23.2 Å². The highest BCUT2D eigenvalue weighted by atomic mass is 32.1. The smallest absolute Gasteiger partial charge is 0.270 e. The van der Waals surface area contributed by atoms with Crippen LogP contribution in [-0.2, 0) is 4.79 Å². The number of amides is 2. The Hall–Kier alpha value is -1.47. The topological polar surface area (TPSA) is 105 Å². The molecule has 0 aromatic carbocycles. The van der Waals surface area contributed by atoms with Crippen LogP contribution in [0.25, 0.3) is 0 Å². The molecule has 0 aliphatic carbocycles. The molecule has 1 rings (SSSR count). The van der Waals surface area contributed by atoms with Crippen LogP contribution in [0.4, 0.5) is 0 Å². The molecule has 0 saturated heterocycles. The Balaban J connectivity index is 2.40. The minimum absolute atomic E-state index is 0.203. The molecule has 0 saturated carbocycles. The monoisotopic (exact) mass is 215 g/mol. The molecule has 14 heavy (non-hydrogen) atoms. The highest BCUT2D eigenvalue weighted by Gasteiger charge is 2.13. The fraction of sp³-hybridized carbons (Fsp3) is 0.286. The molecule has 6 nitrogen and oxygen atoms in total. The number of carbonyl (C=O) groups excluding carboxylic acids is 2. The third-order valence-corrected chi connectivity index (χ3v) is 2.04. The predicted molar refractivity (Wildman–Crippen MR) is 49.6 cm³/mol. The molecular formula is C7H9N3O3S. The van der Waals surface area contributed by atoms with Crippen molar-refractivity contribution in [2.24, 2.45) is 5.73 Å². The van der Waals surface area contributed by atoms with Gasteiger partial charge in [0.2, 0.25) is 5.91 Å². The maximum absolute atomic E-state index is 11.2. The van der Waals surface area contributed by atoms with E-state index < -0.39 is 17.9 Å². The largest absolute Gasteiger partial charge is 0.381 e. The quantitative estimate of drug-likeness (QED) is 0.581. The summed E-state index contributed by atoms with van der Waals surface area (Å²) in [5.74, 6) is -1.31. The highest BCUT2D eigenvalue weighted by molar-refractivity contribution is 7.07. The molecule has 0 fully saturated rings. The van der Waals surface area contributed by atoms with Crippen molar-refractivity contribution in [2.45, 2.75) is 6.10 Å². The van der Waals surface area contributed by atoms with Gasteiger partial charge in [0.05, 0.1) is 12.1 Å². The summed E-state index contributed by atoms with van der Waals surface area (Å²) in [5, 5.41) is 12.8. The fourth-order valence-corrected chi connectivity index (χ4v) is 1.24. The lowest BCUT2D eigenvalue weighted by atomic mass is 10.3. The summed E-state index contributed by atoms with van der Waals surface area (Å²) in [6.45, 7) is -0.203. The van der Waals surface area contributed by atoms with Gasteiger partial charge in [-0.1, -0.05) is 0 Å². The number of primary amides is 1. The second kappa shape index (κ2) is 4.68. The van der Waals surface area contributed by atoms with Gasteiger partial charge in [0, 0.05) is 5.38 Å². The summed E-state index contributed by atoms with van der Waals surface area (Å²) < 4.78 is 0. The molecule has 4 N–H and O–H groups in total. The van der Waals surface area contributed by atoms with Gasteiger partial charge in [-0.3, -0.25) is 9.59 Å². The molecule has 1 aromatic rings. The zero-order valence-electron chi connectivity index (χ0n) is 7.14. The molecule has 1 unspecified atom stereocenters. The van der Waals surface area contributed by atoms with Gasteiger partial charge in [-0.05, 0) is 0 Å². The summed E-state index contributed by atoms with van der Waals surface area (Å²) in [6, 6.07) is 0. The molecular weight excluding hydrogens is 206 g/mol. The first-order chi connectivity index (χ1) is 6.61. The van der Waals surface area contributed by atoms with E-state index >= 15 is 0 Å². The van der Waals surface area contributed by atoms with E-state index in [1.807, 2.05) is 0 Å². The normalized spacial score (nSPS) is 12.1. The second-order valence-corrected chi connectivity index (χ2v) is 3.22. The zero-order valence-corrected chi connectivity index (χ0v) is 7.95. The Morgan fingerprint density at radius 2 is 2.43 bits per heavy atom. The molecule has 7 heteroatoms. The lowest BCUT2D eigenvalue weighted by molar-refractivity contribution is -0.125. The number of carbonyl (C=O) groups is 2. The van der Waals surface area contributed by atoms with Gasteiger partial charge in [0.1, 0.15) is 11.8 Å². The lowest BCUT2D eigenvalue weighted by Gasteiger charge is -2.06. The van der Waals surface area contributed by atoms with E-state index in [1.54, 1.807) is 5.38 Å². The van der Waals surface area contributed by atoms with E-state index in [0.717, 1.165) is 0 Å². The van der Waals surface area contributed by atoms with Crippen molar-refractivity contribution in [3.63, 3.8) is 0 Å². The molecule has 1 aromatic heterocycles. The number of aliphatic hydroxyl groups is 1. The summed E-state index contributed by atoms with van der Waals surface area (Å²) in [5.41, 5.74) is 6.56. The Bertz CT molecular complexity index is 325. The van der Waals surface area contributed by atoms with Crippen LogP contribution in [0.2, 0.25) is 0 Å². The van der Waals surface area contributed by atoms with E-state index in [-0.39, 0.29) is 12.2 Å². The van der Waals surface area contributed by atoms with E-state index in [0.29, 0.717) is 0 Å². The van der Waals surface area contributed by atoms with Crippen LogP contribution in [0, 0.1) is 0 Å². The SMILES string of the molecule is NC(=O)C(O)CNC(=O)c1cscn1. The summed E-state index contributed by atoms with van der Waals surface area (Å²) in [6.07, 6.45) is -1.36. The molecule has 2 amide bonds. The van der Waals surface area contributed by atoms with Gasteiger partial charge in [-0.2, -0.15) is 0 Å². The molecule has 0 aliphatic heterocycles. The number of thiazole rings is 1. The van der Waals surface area contributed by atoms with Gasteiger partial charge in [-0.15, -0.1) is 11.3 Å². The van der Waals surface area contributed by atoms with Crippen molar-refractivity contribution in [3.8, 4) is 0 Å². The first-order valence-electron chi connectivity index (χ1n) is 3.75. The molecule has 76 valence electrons. The lowest BCUT2D eigenvalue weighted by Crippen LogP contribution is -2.40. The second-order valence-electron chi connectivity index (χ2n) is 2.50. The van der Waals surface area contributed by atoms with Crippen LogP contribution in [-0.4, -0.2) is 34.6 Å².